The summed E-state index contributed by atoms with van der Waals surface area (Å²) in [5.74, 6) is 2.78. The van der Waals surface area contributed by atoms with Crippen LogP contribution in [0.25, 0.3) is 0 Å². The van der Waals surface area contributed by atoms with Crippen molar-refractivity contribution < 1.29 is 4.42 Å². The van der Waals surface area contributed by atoms with Gasteiger partial charge in [0.25, 0.3) is 4.84 Å². The molecule has 5 rings (SSSR count). The van der Waals surface area contributed by atoms with Gasteiger partial charge in [0, 0.05) is 43.3 Å². The molecule has 1 aliphatic carbocycles. The smallest absolute Gasteiger partial charge is 0.288 e. The number of halogens is 1. The molecule has 1 aromatic carbocycles. The lowest BCUT2D eigenvalue weighted by atomic mass is 9.79. The maximum atomic E-state index is 6.03. The van der Waals surface area contributed by atoms with Gasteiger partial charge in [0.15, 0.2) is 0 Å². The van der Waals surface area contributed by atoms with Crippen molar-refractivity contribution in [1.82, 2.24) is 19.7 Å². The number of aromatic nitrogens is 3. The van der Waals surface area contributed by atoms with E-state index in [4.69, 9.17) is 33.3 Å². The zero-order valence-electron chi connectivity index (χ0n) is 18.1. The van der Waals surface area contributed by atoms with Gasteiger partial charge in [0.05, 0.1) is 6.67 Å². The first-order chi connectivity index (χ1) is 15.7. The van der Waals surface area contributed by atoms with Crippen molar-refractivity contribution in [2.45, 2.75) is 44.2 Å². The number of anilines is 1. The first kappa shape index (κ1) is 21.6. The van der Waals surface area contributed by atoms with Gasteiger partial charge in [-0.3, -0.25) is 4.90 Å². The largest absolute Gasteiger partial charge is 0.414 e. The van der Waals surface area contributed by atoms with Crippen LogP contribution in [0.1, 0.15) is 49.0 Å². The Morgan fingerprint density at radius 1 is 0.938 bits per heavy atom. The number of pyridine rings is 1. The van der Waals surface area contributed by atoms with Crippen molar-refractivity contribution in [3.63, 3.8) is 0 Å². The summed E-state index contributed by atoms with van der Waals surface area (Å²) in [4.78, 5) is 9.64. The fourth-order valence-electron chi connectivity index (χ4n) is 4.83. The average molecular weight is 470 g/mol. The third kappa shape index (κ3) is 4.90. The highest BCUT2D eigenvalue weighted by atomic mass is 35.5. The van der Waals surface area contributed by atoms with Crippen molar-refractivity contribution in [3.05, 3.63) is 70.0 Å². The molecule has 32 heavy (non-hydrogen) atoms. The summed E-state index contributed by atoms with van der Waals surface area (Å²) >= 11 is 11.5. The highest BCUT2D eigenvalue weighted by molar-refractivity contribution is 7.71. The molecule has 2 aliphatic rings. The van der Waals surface area contributed by atoms with E-state index in [9.17, 15) is 0 Å². The molecule has 168 valence electrons. The zero-order chi connectivity index (χ0) is 21.9. The minimum atomic E-state index is 0.350. The molecule has 0 radical (unpaired) electrons. The Bertz CT molecular complexity index is 1070. The van der Waals surface area contributed by atoms with Crippen LogP contribution < -0.4 is 4.90 Å². The van der Waals surface area contributed by atoms with Gasteiger partial charge in [-0.25, -0.2) is 9.67 Å². The Kier molecular flexibility index (Phi) is 6.57. The lowest BCUT2D eigenvalue weighted by Crippen LogP contribution is -2.47. The third-order valence-electron chi connectivity index (χ3n) is 6.72. The van der Waals surface area contributed by atoms with Crippen LogP contribution in [0.3, 0.4) is 0 Å². The van der Waals surface area contributed by atoms with Gasteiger partial charge in [0.2, 0.25) is 5.89 Å². The summed E-state index contributed by atoms with van der Waals surface area (Å²) in [7, 11) is 0. The number of rotatable bonds is 5. The molecular weight excluding hydrogens is 442 g/mol. The van der Waals surface area contributed by atoms with Crippen molar-refractivity contribution in [1.29, 1.82) is 0 Å². The van der Waals surface area contributed by atoms with E-state index in [-0.39, 0.29) is 0 Å². The SMILES string of the molecule is S=c1oc(C2CCC(c3ccc(Cl)cc3)CC2)nn1CN1CCN(c2ccccn2)CC1. The number of hydrogen-bond donors (Lipinski definition) is 0. The molecule has 1 saturated carbocycles. The quantitative estimate of drug-likeness (QED) is 0.461. The highest BCUT2D eigenvalue weighted by Gasteiger charge is 2.27. The van der Waals surface area contributed by atoms with E-state index < -0.39 is 0 Å². The van der Waals surface area contributed by atoms with Crippen LogP contribution >= 0.6 is 23.8 Å². The van der Waals surface area contributed by atoms with Gasteiger partial charge >= 0.3 is 0 Å². The molecule has 0 atom stereocenters. The molecule has 8 heteroatoms. The van der Waals surface area contributed by atoms with Crippen LogP contribution in [0.4, 0.5) is 5.82 Å². The summed E-state index contributed by atoms with van der Waals surface area (Å²) in [5.41, 5.74) is 1.38. The van der Waals surface area contributed by atoms with Crippen molar-refractivity contribution in [2.24, 2.45) is 0 Å². The molecule has 0 bridgehead atoms. The predicted molar refractivity (Wildman–Crippen MR) is 129 cm³/mol. The molecule has 0 N–H and O–H groups in total. The van der Waals surface area contributed by atoms with Gasteiger partial charge in [-0.2, -0.15) is 0 Å². The van der Waals surface area contributed by atoms with Crippen molar-refractivity contribution in [2.75, 3.05) is 31.1 Å². The monoisotopic (exact) mass is 469 g/mol. The topological polar surface area (TPSA) is 50.3 Å². The minimum Gasteiger partial charge on any atom is -0.414 e. The Morgan fingerprint density at radius 3 is 2.34 bits per heavy atom. The second-order valence-corrected chi connectivity index (χ2v) is 9.53. The van der Waals surface area contributed by atoms with E-state index in [1.807, 2.05) is 35.1 Å². The summed E-state index contributed by atoms with van der Waals surface area (Å²) in [6, 6.07) is 14.3. The zero-order valence-corrected chi connectivity index (χ0v) is 19.6. The number of benzene rings is 1. The molecule has 1 aliphatic heterocycles. The molecule has 3 aromatic rings. The molecular formula is C24H28ClN5OS. The first-order valence-electron chi connectivity index (χ1n) is 11.4. The van der Waals surface area contributed by atoms with Gasteiger partial charge < -0.3 is 9.32 Å². The summed E-state index contributed by atoms with van der Waals surface area (Å²) in [6.07, 6.45) is 6.27. The van der Waals surface area contributed by atoms with Crippen LogP contribution in [0.5, 0.6) is 0 Å². The summed E-state index contributed by atoms with van der Waals surface area (Å²) < 4.78 is 7.80. The van der Waals surface area contributed by atoms with Crippen LogP contribution in [0.2, 0.25) is 5.02 Å². The maximum absolute atomic E-state index is 6.03. The normalized spacial score (nSPS) is 22.2. The van der Waals surface area contributed by atoms with E-state index in [0.717, 1.165) is 68.6 Å². The van der Waals surface area contributed by atoms with Crippen molar-refractivity contribution in [3.8, 4) is 0 Å². The van der Waals surface area contributed by atoms with E-state index in [1.54, 1.807) is 0 Å². The molecule has 1 saturated heterocycles. The van der Waals surface area contributed by atoms with Gasteiger partial charge in [-0.05, 0) is 73.6 Å². The second kappa shape index (κ2) is 9.73. The minimum absolute atomic E-state index is 0.350. The van der Waals surface area contributed by atoms with Crippen LogP contribution in [-0.2, 0) is 6.67 Å². The van der Waals surface area contributed by atoms with Crippen LogP contribution in [0, 0.1) is 4.84 Å². The average Bonchev–Trinajstić information content (AvgIpc) is 3.21. The van der Waals surface area contributed by atoms with Gasteiger partial charge in [-0.15, -0.1) is 5.10 Å². The maximum Gasteiger partial charge on any atom is 0.288 e. The predicted octanol–water partition coefficient (Wildman–Crippen LogP) is 5.48. The van der Waals surface area contributed by atoms with E-state index in [0.29, 0.717) is 23.3 Å². The summed E-state index contributed by atoms with van der Waals surface area (Å²) in [6.45, 7) is 4.48. The van der Waals surface area contributed by atoms with E-state index in [2.05, 4.69) is 33.0 Å². The molecule has 2 fully saturated rings. The van der Waals surface area contributed by atoms with Crippen LogP contribution in [-0.4, -0.2) is 45.8 Å². The highest BCUT2D eigenvalue weighted by Crippen LogP contribution is 2.40. The third-order valence-corrected chi connectivity index (χ3v) is 7.27. The van der Waals surface area contributed by atoms with Crippen LogP contribution in [0.15, 0.2) is 53.1 Å². The van der Waals surface area contributed by atoms with Crippen molar-refractivity contribution >= 4 is 29.6 Å². The Hall–Kier alpha value is -2.22. The Labute approximate surface area is 198 Å². The molecule has 6 nitrogen and oxygen atoms in total. The lowest BCUT2D eigenvalue weighted by Gasteiger charge is -2.35. The standard InChI is InChI=1S/C24H28ClN5OS/c25-21-10-8-19(9-11-21)18-4-6-20(7-5-18)23-27-30(24(32)31-23)17-28-13-15-29(16-14-28)22-3-1-2-12-26-22/h1-3,8-12,18,20H,4-7,13-17H2. The number of nitrogens with zero attached hydrogens (tertiary/aromatic N) is 5. The molecule has 0 unspecified atom stereocenters. The van der Waals surface area contributed by atoms with E-state index >= 15 is 0 Å². The molecule has 2 aromatic heterocycles. The summed E-state index contributed by atoms with van der Waals surface area (Å²) in [5, 5.41) is 5.57. The molecule has 3 heterocycles. The van der Waals surface area contributed by atoms with Gasteiger partial charge in [-0.1, -0.05) is 29.8 Å². The first-order valence-corrected chi connectivity index (χ1v) is 12.2. The lowest BCUT2D eigenvalue weighted by molar-refractivity contribution is 0.191. The Morgan fingerprint density at radius 2 is 1.66 bits per heavy atom. The number of piperazine rings is 1. The van der Waals surface area contributed by atoms with E-state index in [1.165, 1.54) is 5.56 Å². The van der Waals surface area contributed by atoms with Gasteiger partial charge in [0.1, 0.15) is 5.82 Å². The Balaban J connectivity index is 1.15. The number of hydrogen-bond acceptors (Lipinski definition) is 6. The second-order valence-electron chi connectivity index (χ2n) is 8.74. The fourth-order valence-corrected chi connectivity index (χ4v) is 5.14. The molecule has 0 spiro atoms. The fraction of sp³-hybridized carbons (Fsp3) is 0.458. The molecule has 0 amide bonds.